The molecule has 0 amide bonds. The summed E-state index contributed by atoms with van der Waals surface area (Å²) in [5, 5.41) is 0. The zero-order chi connectivity index (χ0) is 10.3. The van der Waals surface area contributed by atoms with Crippen LogP contribution < -0.4 is 10.5 Å². The zero-order valence-corrected chi connectivity index (χ0v) is 8.48. The average Bonchev–Trinajstić information content (AvgIpc) is 2.72. The van der Waals surface area contributed by atoms with Gasteiger partial charge in [0.1, 0.15) is 5.75 Å². The first kappa shape index (κ1) is 9.12. The maximum absolute atomic E-state index is 5.73. The van der Waals surface area contributed by atoms with Gasteiger partial charge in [0.25, 0.3) is 0 Å². The van der Waals surface area contributed by atoms with Gasteiger partial charge in [-0.3, -0.25) is 4.98 Å². The molecule has 2 aliphatic rings. The van der Waals surface area contributed by atoms with Gasteiger partial charge in [-0.15, -0.1) is 0 Å². The second-order valence-electron chi connectivity index (χ2n) is 4.06. The number of ether oxygens (including phenoxy) is 2. The van der Waals surface area contributed by atoms with Gasteiger partial charge in [-0.05, 0) is 18.6 Å². The van der Waals surface area contributed by atoms with Crippen molar-refractivity contribution in [2.45, 2.75) is 25.7 Å². The van der Waals surface area contributed by atoms with Crippen LogP contribution in [0, 0.1) is 5.92 Å². The van der Waals surface area contributed by atoms with Crippen LogP contribution in [0.4, 0.5) is 0 Å². The Bertz CT molecular complexity index is 381. The lowest BCUT2D eigenvalue weighted by molar-refractivity contribution is -0.0706. The molecule has 0 spiro atoms. The largest absolute Gasteiger partial charge is 0.463 e. The van der Waals surface area contributed by atoms with Gasteiger partial charge >= 0.3 is 0 Å². The third-order valence-electron chi connectivity index (χ3n) is 3.05. The highest BCUT2D eigenvalue weighted by atomic mass is 16.7. The van der Waals surface area contributed by atoms with E-state index in [0.717, 1.165) is 36.6 Å². The first-order valence-corrected chi connectivity index (χ1v) is 5.34. The highest BCUT2D eigenvalue weighted by molar-refractivity contribution is 5.32. The molecule has 3 heterocycles. The van der Waals surface area contributed by atoms with Crippen molar-refractivity contribution in [3.8, 4) is 5.75 Å². The number of nitrogens with two attached hydrogens (primary N) is 1. The average molecular weight is 206 g/mol. The van der Waals surface area contributed by atoms with E-state index in [0.29, 0.717) is 12.5 Å². The fourth-order valence-corrected chi connectivity index (χ4v) is 2.21. The van der Waals surface area contributed by atoms with E-state index in [2.05, 4.69) is 4.98 Å². The topological polar surface area (TPSA) is 57.4 Å². The van der Waals surface area contributed by atoms with E-state index in [1.807, 2.05) is 12.1 Å². The molecule has 80 valence electrons. The fourth-order valence-electron chi connectivity index (χ4n) is 2.21. The molecule has 0 aliphatic carbocycles. The SMILES string of the molecule is NCc1ccc2c(n1)CC1CCOC1O2. The molecule has 0 aromatic carbocycles. The predicted octanol–water partition coefficient (Wildman–Crippen LogP) is 0.838. The van der Waals surface area contributed by atoms with Gasteiger partial charge in [-0.1, -0.05) is 0 Å². The van der Waals surface area contributed by atoms with Gasteiger partial charge in [0, 0.05) is 18.9 Å². The van der Waals surface area contributed by atoms with Crippen LogP contribution in [0.1, 0.15) is 17.8 Å². The van der Waals surface area contributed by atoms with Crippen LogP contribution >= 0.6 is 0 Å². The number of fused-ring (bicyclic) bond motifs is 2. The van der Waals surface area contributed by atoms with Crippen molar-refractivity contribution in [3.05, 3.63) is 23.5 Å². The van der Waals surface area contributed by atoms with E-state index < -0.39 is 0 Å². The summed E-state index contributed by atoms with van der Waals surface area (Å²) in [5.41, 5.74) is 7.52. The number of nitrogens with zero attached hydrogens (tertiary/aromatic N) is 1. The molecule has 2 unspecified atom stereocenters. The van der Waals surface area contributed by atoms with Crippen LogP contribution in [-0.4, -0.2) is 17.9 Å². The van der Waals surface area contributed by atoms with Gasteiger partial charge in [-0.25, -0.2) is 0 Å². The Morgan fingerprint density at radius 3 is 3.27 bits per heavy atom. The summed E-state index contributed by atoms with van der Waals surface area (Å²) in [5.74, 6) is 1.33. The number of pyridine rings is 1. The molecule has 0 radical (unpaired) electrons. The molecule has 2 atom stereocenters. The summed E-state index contributed by atoms with van der Waals surface area (Å²) in [6, 6.07) is 3.86. The molecule has 1 saturated heterocycles. The van der Waals surface area contributed by atoms with E-state index in [4.69, 9.17) is 15.2 Å². The third kappa shape index (κ3) is 1.50. The van der Waals surface area contributed by atoms with Crippen molar-refractivity contribution >= 4 is 0 Å². The Balaban J connectivity index is 1.93. The summed E-state index contributed by atoms with van der Waals surface area (Å²) < 4.78 is 11.2. The van der Waals surface area contributed by atoms with E-state index in [1.54, 1.807) is 0 Å². The van der Waals surface area contributed by atoms with Crippen molar-refractivity contribution < 1.29 is 9.47 Å². The van der Waals surface area contributed by atoms with Crippen LogP contribution in [0.2, 0.25) is 0 Å². The summed E-state index contributed by atoms with van der Waals surface area (Å²) in [6.45, 7) is 1.28. The molecule has 1 aromatic rings. The van der Waals surface area contributed by atoms with Crippen LogP contribution in [0.5, 0.6) is 5.75 Å². The Kier molecular flexibility index (Phi) is 2.11. The Hall–Kier alpha value is -1.13. The normalized spacial score (nSPS) is 28.1. The molecule has 2 aliphatic heterocycles. The number of hydrogen-bond acceptors (Lipinski definition) is 4. The lowest BCUT2D eigenvalue weighted by Crippen LogP contribution is -2.30. The van der Waals surface area contributed by atoms with Crippen molar-refractivity contribution in [2.75, 3.05) is 6.61 Å². The summed E-state index contributed by atoms with van der Waals surface area (Å²) in [6.07, 6.45) is 1.97. The van der Waals surface area contributed by atoms with Gasteiger partial charge < -0.3 is 15.2 Å². The minimum Gasteiger partial charge on any atom is -0.463 e. The predicted molar refractivity (Wildman–Crippen MR) is 54.3 cm³/mol. The highest BCUT2D eigenvalue weighted by Gasteiger charge is 2.35. The first-order valence-electron chi connectivity index (χ1n) is 5.34. The van der Waals surface area contributed by atoms with E-state index >= 15 is 0 Å². The van der Waals surface area contributed by atoms with Crippen LogP contribution in [0.25, 0.3) is 0 Å². The Morgan fingerprint density at radius 2 is 2.40 bits per heavy atom. The Labute approximate surface area is 88.4 Å². The van der Waals surface area contributed by atoms with Crippen molar-refractivity contribution in [1.82, 2.24) is 4.98 Å². The summed E-state index contributed by atoms with van der Waals surface area (Å²) >= 11 is 0. The zero-order valence-electron chi connectivity index (χ0n) is 8.48. The second-order valence-corrected chi connectivity index (χ2v) is 4.06. The smallest absolute Gasteiger partial charge is 0.203 e. The molecule has 4 nitrogen and oxygen atoms in total. The molecule has 2 N–H and O–H groups in total. The maximum Gasteiger partial charge on any atom is 0.203 e. The summed E-state index contributed by atoms with van der Waals surface area (Å²) in [7, 11) is 0. The molecule has 4 heteroatoms. The van der Waals surface area contributed by atoms with E-state index in [9.17, 15) is 0 Å². The molecular formula is C11H14N2O2. The molecule has 1 fully saturated rings. The van der Waals surface area contributed by atoms with Crippen LogP contribution in [0.3, 0.4) is 0 Å². The van der Waals surface area contributed by atoms with E-state index in [-0.39, 0.29) is 6.29 Å². The van der Waals surface area contributed by atoms with Crippen molar-refractivity contribution in [2.24, 2.45) is 11.7 Å². The molecular weight excluding hydrogens is 192 g/mol. The molecule has 3 rings (SSSR count). The third-order valence-corrected chi connectivity index (χ3v) is 3.05. The second kappa shape index (κ2) is 3.47. The summed E-state index contributed by atoms with van der Waals surface area (Å²) in [4.78, 5) is 4.49. The highest BCUT2D eigenvalue weighted by Crippen LogP contribution is 2.35. The van der Waals surface area contributed by atoms with Gasteiger partial charge in [0.05, 0.1) is 18.0 Å². The number of aromatic nitrogens is 1. The first-order chi connectivity index (χ1) is 7.36. The minimum atomic E-state index is -0.0528. The molecule has 0 saturated carbocycles. The fraction of sp³-hybridized carbons (Fsp3) is 0.545. The lowest BCUT2D eigenvalue weighted by atomic mass is 9.98. The minimum absolute atomic E-state index is 0.0528. The van der Waals surface area contributed by atoms with Gasteiger partial charge in [0.15, 0.2) is 0 Å². The molecule has 1 aromatic heterocycles. The van der Waals surface area contributed by atoms with Gasteiger partial charge in [-0.2, -0.15) is 0 Å². The van der Waals surface area contributed by atoms with Crippen molar-refractivity contribution in [3.63, 3.8) is 0 Å². The lowest BCUT2D eigenvalue weighted by Gasteiger charge is -2.26. The molecule has 15 heavy (non-hydrogen) atoms. The number of hydrogen-bond donors (Lipinski definition) is 1. The maximum atomic E-state index is 5.73. The van der Waals surface area contributed by atoms with Crippen molar-refractivity contribution in [1.29, 1.82) is 0 Å². The number of rotatable bonds is 1. The van der Waals surface area contributed by atoms with E-state index in [1.165, 1.54) is 0 Å². The molecule has 0 bridgehead atoms. The Morgan fingerprint density at radius 1 is 1.47 bits per heavy atom. The van der Waals surface area contributed by atoms with Gasteiger partial charge in [0.2, 0.25) is 6.29 Å². The van der Waals surface area contributed by atoms with Crippen LogP contribution in [0.15, 0.2) is 12.1 Å². The quantitative estimate of drug-likeness (QED) is 0.739. The standard InChI is InChI=1S/C11H14N2O2/c12-6-8-1-2-10-9(13-8)5-7-3-4-14-11(7)15-10/h1-2,7,11H,3-6,12H2. The monoisotopic (exact) mass is 206 g/mol. The van der Waals surface area contributed by atoms with Crippen LogP contribution in [-0.2, 0) is 17.7 Å².